The molecule has 0 amide bonds. The van der Waals surface area contributed by atoms with Crippen molar-refractivity contribution < 1.29 is 0 Å². The zero-order valence-corrected chi connectivity index (χ0v) is 14.2. The highest BCUT2D eigenvalue weighted by Gasteiger charge is 2.14. The van der Waals surface area contributed by atoms with E-state index in [0.29, 0.717) is 0 Å². The number of rotatable bonds is 6. The number of thiazole rings is 1. The van der Waals surface area contributed by atoms with Crippen LogP contribution in [0.3, 0.4) is 0 Å². The summed E-state index contributed by atoms with van der Waals surface area (Å²) in [6, 6.07) is 0. The summed E-state index contributed by atoms with van der Waals surface area (Å²) in [6.07, 6.45) is 1.08. The third-order valence-corrected chi connectivity index (χ3v) is 4.28. The quantitative estimate of drug-likeness (QED) is 0.887. The van der Waals surface area contributed by atoms with Crippen LogP contribution in [0.4, 0.5) is 11.6 Å². The van der Waals surface area contributed by atoms with Crippen LogP contribution in [0.2, 0.25) is 0 Å². The van der Waals surface area contributed by atoms with Crippen molar-refractivity contribution >= 4 is 23.0 Å². The van der Waals surface area contributed by atoms with Gasteiger partial charge in [0, 0.05) is 24.0 Å². The second kappa shape index (κ2) is 6.85. The molecule has 2 heterocycles. The molecule has 6 heteroatoms. The third-order valence-electron chi connectivity index (χ3n) is 3.36. The Labute approximate surface area is 130 Å². The summed E-state index contributed by atoms with van der Waals surface area (Å²) in [7, 11) is 2.07. The lowest BCUT2D eigenvalue weighted by Crippen LogP contribution is -2.20. The maximum absolute atomic E-state index is 4.61. The molecule has 0 saturated carbocycles. The normalized spacial score (nSPS) is 10.7. The summed E-state index contributed by atoms with van der Waals surface area (Å²) in [4.78, 5) is 16.9. The molecule has 0 unspecified atom stereocenters. The largest absolute Gasteiger partial charge is 0.370 e. The van der Waals surface area contributed by atoms with E-state index >= 15 is 0 Å². The zero-order chi connectivity index (χ0) is 15.4. The minimum Gasteiger partial charge on any atom is -0.370 e. The van der Waals surface area contributed by atoms with E-state index < -0.39 is 0 Å². The molecule has 0 saturated heterocycles. The highest BCUT2D eigenvalue weighted by atomic mass is 32.1. The minimum atomic E-state index is 0.794. The van der Waals surface area contributed by atoms with E-state index in [4.69, 9.17) is 0 Å². The van der Waals surface area contributed by atoms with Gasteiger partial charge in [-0.05, 0) is 27.2 Å². The van der Waals surface area contributed by atoms with Crippen molar-refractivity contribution in [2.24, 2.45) is 0 Å². The molecule has 5 nitrogen and oxygen atoms in total. The lowest BCUT2D eigenvalue weighted by molar-refractivity contribution is 0.868. The van der Waals surface area contributed by atoms with Crippen molar-refractivity contribution in [3.05, 3.63) is 27.5 Å². The van der Waals surface area contributed by atoms with Crippen LogP contribution in [0.5, 0.6) is 0 Å². The molecule has 114 valence electrons. The Morgan fingerprint density at radius 3 is 2.62 bits per heavy atom. The SMILES string of the molecule is CCCNc1nc(C)nc(N(C)Cc2scnc2C)c1C. The number of nitrogens with zero attached hydrogens (tertiary/aromatic N) is 4. The van der Waals surface area contributed by atoms with E-state index in [0.717, 1.165) is 48.2 Å². The number of aryl methyl sites for hydroxylation is 2. The Morgan fingerprint density at radius 2 is 2.00 bits per heavy atom. The molecule has 0 spiro atoms. The maximum Gasteiger partial charge on any atom is 0.137 e. The Morgan fingerprint density at radius 1 is 1.24 bits per heavy atom. The molecule has 1 N–H and O–H groups in total. The Bertz CT molecular complexity index is 608. The second-order valence-electron chi connectivity index (χ2n) is 5.21. The number of nitrogens with one attached hydrogen (secondary N) is 1. The van der Waals surface area contributed by atoms with E-state index in [2.05, 4.69) is 46.1 Å². The van der Waals surface area contributed by atoms with Crippen molar-refractivity contribution in [2.45, 2.75) is 40.7 Å². The molecule has 0 aliphatic heterocycles. The highest BCUT2D eigenvalue weighted by molar-refractivity contribution is 7.09. The van der Waals surface area contributed by atoms with Gasteiger partial charge in [-0.3, -0.25) is 0 Å². The molecule has 2 aromatic rings. The number of hydrogen-bond donors (Lipinski definition) is 1. The van der Waals surface area contributed by atoms with Gasteiger partial charge in [0.1, 0.15) is 17.5 Å². The zero-order valence-electron chi connectivity index (χ0n) is 13.4. The number of aromatic nitrogens is 3. The van der Waals surface area contributed by atoms with Crippen LogP contribution in [0, 0.1) is 20.8 Å². The van der Waals surface area contributed by atoms with Gasteiger partial charge in [0.25, 0.3) is 0 Å². The number of hydrogen-bond acceptors (Lipinski definition) is 6. The summed E-state index contributed by atoms with van der Waals surface area (Å²) in [5.74, 6) is 2.71. The first kappa shape index (κ1) is 15.7. The summed E-state index contributed by atoms with van der Waals surface area (Å²) >= 11 is 1.69. The van der Waals surface area contributed by atoms with Gasteiger partial charge >= 0.3 is 0 Å². The maximum atomic E-state index is 4.61. The van der Waals surface area contributed by atoms with Gasteiger partial charge in [-0.2, -0.15) is 0 Å². The molecule has 0 fully saturated rings. The average molecular weight is 305 g/mol. The Kier molecular flexibility index (Phi) is 5.12. The third kappa shape index (κ3) is 3.69. The molecule has 21 heavy (non-hydrogen) atoms. The van der Waals surface area contributed by atoms with Crippen molar-refractivity contribution in [3.8, 4) is 0 Å². The van der Waals surface area contributed by atoms with Crippen LogP contribution < -0.4 is 10.2 Å². The van der Waals surface area contributed by atoms with Gasteiger partial charge in [0.15, 0.2) is 0 Å². The van der Waals surface area contributed by atoms with Crippen LogP contribution in [-0.4, -0.2) is 28.5 Å². The summed E-state index contributed by atoms with van der Waals surface area (Å²) in [5, 5.41) is 3.38. The average Bonchev–Trinajstić information content (AvgIpc) is 2.84. The van der Waals surface area contributed by atoms with Gasteiger partial charge in [-0.25, -0.2) is 15.0 Å². The van der Waals surface area contributed by atoms with Crippen molar-refractivity contribution in [1.29, 1.82) is 0 Å². The van der Waals surface area contributed by atoms with Crippen LogP contribution in [-0.2, 0) is 6.54 Å². The van der Waals surface area contributed by atoms with Gasteiger partial charge in [-0.15, -0.1) is 11.3 Å². The van der Waals surface area contributed by atoms with Gasteiger partial charge in [-0.1, -0.05) is 6.92 Å². The summed E-state index contributed by atoms with van der Waals surface area (Å²) in [6.45, 7) is 9.95. The van der Waals surface area contributed by atoms with E-state index in [1.807, 2.05) is 19.4 Å². The molecular formula is C15H23N5S. The molecule has 0 aromatic carbocycles. The molecule has 0 radical (unpaired) electrons. The lowest BCUT2D eigenvalue weighted by Gasteiger charge is -2.22. The molecule has 0 atom stereocenters. The monoisotopic (exact) mass is 305 g/mol. The fourth-order valence-corrected chi connectivity index (χ4v) is 3.00. The van der Waals surface area contributed by atoms with Crippen LogP contribution in [0.1, 0.15) is 35.3 Å². The Balaban J connectivity index is 2.25. The predicted octanol–water partition coefficient (Wildman–Crippen LogP) is 3.32. The second-order valence-corrected chi connectivity index (χ2v) is 6.15. The predicted molar refractivity (Wildman–Crippen MR) is 89.2 cm³/mol. The molecule has 0 aliphatic carbocycles. The van der Waals surface area contributed by atoms with Crippen molar-refractivity contribution in [2.75, 3.05) is 23.8 Å². The molecular weight excluding hydrogens is 282 g/mol. The van der Waals surface area contributed by atoms with Crippen LogP contribution >= 0.6 is 11.3 Å². The minimum absolute atomic E-state index is 0.794. The van der Waals surface area contributed by atoms with Crippen molar-refractivity contribution in [1.82, 2.24) is 15.0 Å². The first-order valence-corrected chi connectivity index (χ1v) is 8.10. The Hall–Kier alpha value is -1.69. The smallest absolute Gasteiger partial charge is 0.137 e. The summed E-state index contributed by atoms with van der Waals surface area (Å²) < 4.78 is 0. The van der Waals surface area contributed by atoms with E-state index in [1.165, 1.54) is 4.88 Å². The first-order chi connectivity index (χ1) is 10.0. The van der Waals surface area contributed by atoms with E-state index in [-0.39, 0.29) is 0 Å². The fourth-order valence-electron chi connectivity index (χ4n) is 2.17. The van der Waals surface area contributed by atoms with E-state index in [1.54, 1.807) is 11.3 Å². The van der Waals surface area contributed by atoms with Gasteiger partial charge in [0.2, 0.25) is 0 Å². The molecule has 0 aliphatic rings. The topological polar surface area (TPSA) is 53.9 Å². The highest BCUT2D eigenvalue weighted by Crippen LogP contribution is 2.25. The standard InChI is InChI=1S/C15H23N5S/c1-6-7-16-14-10(2)15(19-12(4)18-14)20(5)8-13-11(3)17-9-21-13/h9H,6-8H2,1-5H3,(H,16,18,19). The van der Waals surface area contributed by atoms with E-state index in [9.17, 15) is 0 Å². The van der Waals surface area contributed by atoms with Crippen LogP contribution in [0.25, 0.3) is 0 Å². The van der Waals surface area contributed by atoms with Crippen molar-refractivity contribution in [3.63, 3.8) is 0 Å². The molecule has 0 bridgehead atoms. The van der Waals surface area contributed by atoms with Gasteiger partial charge in [0.05, 0.1) is 17.7 Å². The summed E-state index contributed by atoms with van der Waals surface area (Å²) in [5.41, 5.74) is 4.09. The molecule has 2 rings (SSSR count). The fraction of sp³-hybridized carbons (Fsp3) is 0.533. The molecule has 2 aromatic heterocycles. The first-order valence-electron chi connectivity index (χ1n) is 7.22. The van der Waals surface area contributed by atoms with Crippen LogP contribution in [0.15, 0.2) is 5.51 Å². The lowest BCUT2D eigenvalue weighted by atomic mass is 10.2. The number of anilines is 2. The van der Waals surface area contributed by atoms with Gasteiger partial charge < -0.3 is 10.2 Å².